The van der Waals surface area contributed by atoms with E-state index in [0.717, 1.165) is 17.9 Å². The maximum absolute atomic E-state index is 5.52. The van der Waals surface area contributed by atoms with Gasteiger partial charge in [0.15, 0.2) is 0 Å². The largest absolute Gasteiger partial charge is 0.475 e. The van der Waals surface area contributed by atoms with Crippen molar-refractivity contribution in [3.05, 3.63) is 30.7 Å². The number of imidazole rings is 1. The van der Waals surface area contributed by atoms with Gasteiger partial charge in [-0.3, -0.25) is 0 Å². The van der Waals surface area contributed by atoms with E-state index >= 15 is 0 Å². The lowest BCUT2D eigenvalue weighted by atomic mass is 10.2. The van der Waals surface area contributed by atoms with E-state index in [4.69, 9.17) is 4.74 Å². The number of nitrogens with zero attached hydrogens (tertiary/aromatic N) is 3. The Kier molecular flexibility index (Phi) is 1.53. The molecule has 0 amide bonds. The molecule has 0 saturated carbocycles. The zero-order valence-electron chi connectivity index (χ0n) is 7.55. The molecule has 3 rings (SSSR count). The molecule has 0 radical (unpaired) electrons. The molecule has 4 heteroatoms. The summed E-state index contributed by atoms with van der Waals surface area (Å²) < 4.78 is 7.59. The monoisotopic (exact) mass is 187 g/mol. The predicted molar refractivity (Wildman–Crippen MR) is 51.0 cm³/mol. The minimum atomic E-state index is 0.646. The number of pyridine rings is 1. The van der Waals surface area contributed by atoms with E-state index in [9.17, 15) is 0 Å². The van der Waals surface area contributed by atoms with Crippen LogP contribution in [-0.2, 0) is 6.54 Å². The second kappa shape index (κ2) is 2.83. The third-order valence-corrected chi connectivity index (χ3v) is 2.30. The second-order valence-corrected chi connectivity index (χ2v) is 3.15. The third-order valence-electron chi connectivity index (χ3n) is 2.30. The highest BCUT2D eigenvalue weighted by molar-refractivity contribution is 5.62. The van der Waals surface area contributed by atoms with Gasteiger partial charge in [-0.25, -0.2) is 9.97 Å². The quantitative estimate of drug-likeness (QED) is 0.624. The molecule has 0 saturated heterocycles. The van der Waals surface area contributed by atoms with E-state index in [1.165, 1.54) is 0 Å². The van der Waals surface area contributed by atoms with Crippen LogP contribution in [0.25, 0.3) is 11.4 Å². The van der Waals surface area contributed by atoms with Crippen LogP contribution in [0, 0.1) is 0 Å². The SMILES string of the molecule is c1cnc2c(c1)-c1nccn1CCO2. The molecule has 0 spiro atoms. The minimum Gasteiger partial charge on any atom is -0.475 e. The molecule has 2 aromatic rings. The van der Waals surface area contributed by atoms with Crippen LogP contribution in [0.2, 0.25) is 0 Å². The Bertz CT molecular complexity index is 464. The number of hydrogen-bond acceptors (Lipinski definition) is 3. The summed E-state index contributed by atoms with van der Waals surface area (Å²) in [4.78, 5) is 8.48. The highest BCUT2D eigenvalue weighted by Crippen LogP contribution is 2.28. The number of rotatable bonds is 0. The lowest BCUT2D eigenvalue weighted by Gasteiger charge is -2.02. The van der Waals surface area contributed by atoms with Gasteiger partial charge in [0.2, 0.25) is 5.88 Å². The van der Waals surface area contributed by atoms with Crippen LogP contribution >= 0.6 is 0 Å². The van der Waals surface area contributed by atoms with Crippen molar-refractivity contribution in [1.29, 1.82) is 0 Å². The molecule has 4 nitrogen and oxygen atoms in total. The Balaban J connectivity index is 2.27. The van der Waals surface area contributed by atoms with Crippen LogP contribution in [0.3, 0.4) is 0 Å². The summed E-state index contributed by atoms with van der Waals surface area (Å²) in [5.74, 6) is 1.61. The van der Waals surface area contributed by atoms with E-state index in [1.54, 1.807) is 12.4 Å². The first kappa shape index (κ1) is 7.55. The topological polar surface area (TPSA) is 39.9 Å². The summed E-state index contributed by atoms with van der Waals surface area (Å²) in [5.41, 5.74) is 0.968. The van der Waals surface area contributed by atoms with Crippen LogP contribution in [0.1, 0.15) is 0 Å². The number of ether oxygens (including phenoxy) is 1. The normalized spacial score (nSPS) is 13.7. The average molecular weight is 187 g/mol. The van der Waals surface area contributed by atoms with Gasteiger partial charge in [0.1, 0.15) is 12.4 Å². The summed E-state index contributed by atoms with van der Waals surface area (Å²) in [6.07, 6.45) is 5.50. The molecule has 0 unspecified atom stereocenters. The van der Waals surface area contributed by atoms with Crippen molar-refractivity contribution in [2.45, 2.75) is 6.54 Å². The lowest BCUT2D eigenvalue weighted by molar-refractivity contribution is 0.296. The van der Waals surface area contributed by atoms with E-state index in [0.29, 0.717) is 12.5 Å². The molecule has 0 N–H and O–H groups in total. The van der Waals surface area contributed by atoms with Crippen molar-refractivity contribution < 1.29 is 4.74 Å². The molecule has 14 heavy (non-hydrogen) atoms. The Morgan fingerprint density at radius 1 is 1.29 bits per heavy atom. The summed E-state index contributed by atoms with van der Waals surface area (Å²) in [6, 6.07) is 3.87. The molecule has 70 valence electrons. The molecule has 0 bridgehead atoms. The molecular formula is C10H9N3O. The van der Waals surface area contributed by atoms with Crippen LogP contribution in [0.4, 0.5) is 0 Å². The Morgan fingerprint density at radius 3 is 3.29 bits per heavy atom. The second-order valence-electron chi connectivity index (χ2n) is 3.15. The summed E-state index contributed by atoms with van der Waals surface area (Å²) in [6.45, 7) is 1.47. The van der Waals surface area contributed by atoms with Gasteiger partial charge < -0.3 is 9.30 Å². The van der Waals surface area contributed by atoms with Crippen molar-refractivity contribution in [1.82, 2.24) is 14.5 Å². The smallest absolute Gasteiger partial charge is 0.224 e. The fraction of sp³-hybridized carbons (Fsp3) is 0.200. The fourth-order valence-electron chi connectivity index (χ4n) is 1.65. The van der Waals surface area contributed by atoms with Gasteiger partial charge in [-0.1, -0.05) is 0 Å². The molecule has 0 aromatic carbocycles. The zero-order chi connectivity index (χ0) is 9.38. The fourth-order valence-corrected chi connectivity index (χ4v) is 1.65. The average Bonchev–Trinajstić information content (AvgIpc) is 2.61. The summed E-state index contributed by atoms with van der Waals surface area (Å²) in [5, 5.41) is 0. The van der Waals surface area contributed by atoms with Crippen molar-refractivity contribution in [3.63, 3.8) is 0 Å². The van der Waals surface area contributed by atoms with Gasteiger partial charge >= 0.3 is 0 Å². The van der Waals surface area contributed by atoms with Gasteiger partial charge in [0, 0.05) is 18.6 Å². The maximum Gasteiger partial charge on any atom is 0.224 e. The molecule has 2 aromatic heterocycles. The van der Waals surface area contributed by atoms with Crippen LogP contribution < -0.4 is 4.74 Å². The predicted octanol–water partition coefficient (Wildman–Crippen LogP) is 1.34. The van der Waals surface area contributed by atoms with E-state index in [-0.39, 0.29) is 0 Å². The number of fused-ring (bicyclic) bond motifs is 3. The van der Waals surface area contributed by atoms with E-state index in [2.05, 4.69) is 14.5 Å². The third kappa shape index (κ3) is 1.00. The first-order valence-electron chi connectivity index (χ1n) is 4.54. The molecule has 0 atom stereocenters. The minimum absolute atomic E-state index is 0.646. The number of hydrogen-bond donors (Lipinski definition) is 0. The van der Waals surface area contributed by atoms with Gasteiger partial charge in [-0.05, 0) is 12.1 Å². The van der Waals surface area contributed by atoms with Crippen molar-refractivity contribution >= 4 is 0 Å². The highest BCUT2D eigenvalue weighted by atomic mass is 16.5. The zero-order valence-corrected chi connectivity index (χ0v) is 7.55. The van der Waals surface area contributed by atoms with Gasteiger partial charge in [0.05, 0.1) is 12.1 Å². The summed E-state index contributed by atoms with van der Waals surface area (Å²) in [7, 11) is 0. The molecule has 1 aliphatic rings. The highest BCUT2D eigenvalue weighted by Gasteiger charge is 2.15. The molecule has 1 aliphatic heterocycles. The van der Waals surface area contributed by atoms with Gasteiger partial charge in [-0.2, -0.15) is 0 Å². The molecular weight excluding hydrogens is 178 g/mol. The first-order chi connectivity index (χ1) is 6.95. The van der Waals surface area contributed by atoms with Crippen LogP contribution in [-0.4, -0.2) is 21.1 Å². The van der Waals surface area contributed by atoms with Gasteiger partial charge in [0.25, 0.3) is 0 Å². The van der Waals surface area contributed by atoms with Crippen LogP contribution in [0.15, 0.2) is 30.7 Å². The Labute approximate surface area is 81.2 Å². The standard InChI is InChI=1S/C10H9N3O/c1-2-8-9-11-4-5-13(9)6-7-14-10(8)12-3-1/h1-5H,6-7H2. The van der Waals surface area contributed by atoms with Crippen LogP contribution in [0.5, 0.6) is 5.88 Å². The van der Waals surface area contributed by atoms with E-state index in [1.807, 2.05) is 18.3 Å². The Hall–Kier alpha value is -1.84. The first-order valence-corrected chi connectivity index (χ1v) is 4.54. The summed E-state index contributed by atoms with van der Waals surface area (Å²) >= 11 is 0. The molecule has 0 aliphatic carbocycles. The maximum atomic E-state index is 5.52. The van der Waals surface area contributed by atoms with Gasteiger partial charge in [-0.15, -0.1) is 0 Å². The Morgan fingerprint density at radius 2 is 2.29 bits per heavy atom. The lowest BCUT2D eigenvalue weighted by Crippen LogP contribution is -2.04. The number of aromatic nitrogens is 3. The van der Waals surface area contributed by atoms with E-state index < -0.39 is 0 Å². The van der Waals surface area contributed by atoms with Crippen molar-refractivity contribution in [2.24, 2.45) is 0 Å². The van der Waals surface area contributed by atoms with Crippen molar-refractivity contribution in [3.8, 4) is 17.3 Å². The molecule has 0 fully saturated rings. The van der Waals surface area contributed by atoms with Crippen molar-refractivity contribution in [2.75, 3.05) is 6.61 Å². The molecule has 3 heterocycles.